The maximum absolute atomic E-state index is 13.8. The minimum atomic E-state index is -0.918. The number of amides is 2. The van der Waals surface area contributed by atoms with E-state index in [0.717, 1.165) is 27.6 Å². The van der Waals surface area contributed by atoms with Crippen LogP contribution in [0.2, 0.25) is 0 Å². The van der Waals surface area contributed by atoms with Crippen LogP contribution in [0.5, 0.6) is 5.75 Å². The zero-order valence-corrected chi connectivity index (χ0v) is 26.8. The summed E-state index contributed by atoms with van der Waals surface area (Å²) in [6, 6.07) is 21.6. The van der Waals surface area contributed by atoms with Gasteiger partial charge in [0.15, 0.2) is 0 Å². The molecule has 0 unspecified atom stereocenters. The van der Waals surface area contributed by atoms with Crippen LogP contribution in [-0.2, 0) is 19.5 Å². The normalized spacial score (nSPS) is 12.3. The predicted octanol–water partition coefficient (Wildman–Crippen LogP) is 4.88. The van der Waals surface area contributed by atoms with Crippen molar-refractivity contribution in [2.75, 3.05) is 20.7 Å². The molecule has 0 fully saturated rings. The van der Waals surface area contributed by atoms with E-state index in [1.54, 1.807) is 37.3 Å². The molecular formula is C35H37N5O5S. The average Bonchev–Trinajstić information content (AvgIpc) is 3.76. The average molecular weight is 640 g/mol. The zero-order valence-electron chi connectivity index (χ0n) is 26.0. The molecule has 0 saturated heterocycles. The largest absolute Gasteiger partial charge is 0.497 e. The molecule has 0 radical (unpaired) electrons. The maximum Gasteiger partial charge on any atom is 0.254 e. The van der Waals surface area contributed by atoms with Gasteiger partial charge in [-0.2, -0.15) is 0 Å². The van der Waals surface area contributed by atoms with E-state index in [1.165, 1.54) is 23.8 Å². The van der Waals surface area contributed by atoms with Crippen molar-refractivity contribution in [1.29, 1.82) is 0 Å². The van der Waals surface area contributed by atoms with E-state index in [9.17, 15) is 14.7 Å². The Morgan fingerprint density at radius 1 is 1.04 bits per heavy atom. The van der Waals surface area contributed by atoms with Gasteiger partial charge in [-0.1, -0.05) is 42.5 Å². The second-order valence-corrected chi connectivity index (χ2v) is 11.9. The Hall–Kier alpha value is -4.84. The van der Waals surface area contributed by atoms with Gasteiger partial charge in [-0.25, -0.2) is 9.97 Å². The third kappa shape index (κ3) is 8.66. The highest BCUT2D eigenvalue weighted by Crippen LogP contribution is 2.23. The summed E-state index contributed by atoms with van der Waals surface area (Å²) < 4.78 is 10.8. The Kier molecular flexibility index (Phi) is 10.9. The summed E-state index contributed by atoms with van der Waals surface area (Å²) >= 11 is 1.49. The van der Waals surface area contributed by atoms with Gasteiger partial charge in [0.1, 0.15) is 17.0 Å². The minimum absolute atomic E-state index is 0.232. The van der Waals surface area contributed by atoms with E-state index in [-0.39, 0.29) is 23.9 Å². The van der Waals surface area contributed by atoms with Crippen LogP contribution in [0.3, 0.4) is 0 Å². The van der Waals surface area contributed by atoms with Gasteiger partial charge in [-0.05, 0) is 54.8 Å². The molecule has 46 heavy (non-hydrogen) atoms. The second kappa shape index (κ2) is 15.4. The van der Waals surface area contributed by atoms with Crippen LogP contribution in [-0.4, -0.2) is 64.6 Å². The number of aliphatic hydroxyl groups is 1. The van der Waals surface area contributed by atoms with Crippen LogP contribution in [0.1, 0.15) is 42.5 Å². The fourth-order valence-corrected chi connectivity index (χ4v) is 5.86. The lowest BCUT2D eigenvalue weighted by atomic mass is 9.99. The highest BCUT2D eigenvalue weighted by Gasteiger charge is 2.24. The molecule has 2 atom stereocenters. The van der Waals surface area contributed by atoms with Gasteiger partial charge in [0.2, 0.25) is 5.89 Å². The second-order valence-electron chi connectivity index (χ2n) is 11.0. The molecule has 3 aromatic carbocycles. The Balaban J connectivity index is 1.36. The van der Waals surface area contributed by atoms with Crippen LogP contribution in [0.15, 0.2) is 95.1 Å². The lowest BCUT2D eigenvalue weighted by Crippen LogP contribution is -2.48. The SMILES string of the molecule is COc1cccc(CNC[C@@H](O)[C@H](Cc2ccccc2)NC(=O)c2cc(C(=O)N(C)Cc3nc(C)cs3)cc(-c3ncco3)c2)c1. The van der Waals surface area contributed by atoms with Gasteiger partial charge >= 0.3 is 0 Å². The monoisotopic (exact) mass is 639 g/mol. The smallest absolute Gasteiger partial charge is 0.254 e. The van der Waals surface area contributed by atoms with Crippen molar-refractivity contribution in [2.24, 2.45) is 0 Å². The van der Waals surface area contributed by atoms with Gasteiger partial charge in [0, 0.05) is 47.9 Å². The third-order valence-electron chi connectivity index (χ3n) is 7.40. The number of nitrogens with one attached hydrogen (secondary N) is 2. The fourth-order valence-electron chi connectivity index (χ4n) is 5.03. The summed E-state index contributed by atoms with van der Waals surface area (Å²) in [6.45, 7) is 2.98. The number of oxazole rings is 1. The number of nitrogens with zero attached hydrogens (tertiary/aromatic N) is 3. The number of carbonyl (C=O) groups is 2. The lowest BCUT2D eigenvalue weighted by molar-refractivity contribution is 0.0784. The Bertz CT molecular complexity index is 1740. The van der Waals surface area contributed by atoms with E-state index in [1.807, 2.05) is 66.9 Å². The first-order valence-electron chi connectivity index (χ1n) is 14.9. The molecule has 0 spiro atoms. The topological polar surface area (TPSA) is 130 Å². The van der Waals surface area contributed by atoms with E-state index >= 15 is 0 Å². The summed E-state index contributed by atoms with van der Waals surface area (Å²) in [4.78, 5) is 37.6. The zero-order chi connectivity index (χ0) is 32.5. The van der Waals surface area contributed by atoms with Gasteiger partial charge in [0.05, 0.1) is 32.0 Å². The summed E-state index contributed by atoms with van der Waals surface area (Å²) in [7, 11) is 3.32. The Morgan fingerprint density at radius 3 is 2.54 bits per heavy atom. The van der Waals surface area contributed by atoms with E-state index in [0.29, 0.717) is 30.6 Å². The fraction of sp³-hybridized carbons (Fsp3) is 0.257. The standard InChI is InChI=1S/C35H37N5O5S/c1-23-22-46-32(38-23)21-40(2)35(43)28-17-26(16-27(18-28)34-37-12-13-45-34)33(42)39-30(15-24-8-5-4-6-9-24)31(41)20-36-19-25-10-7-11-29(14-25)44-3/h4-14,16-18,22,30-31,36,41H,15,19-21H2,1-3H3,(H,39,42)/t30-,31+/m0/s1. The minimum Gasteiger partial charge on any atom is -0.497 e. The predicted molar refractivity (Wildman–Crippen MR) is 177 cm³/mol. The molecule has 5 aromatic rings. The summed E-state index contributed by atoms with van der Waals surface area (Å²) in [6.07, 6.45) is 2.42. The molecule has 5 rings (SSSR count). The van der Waals surface area contributed by atoms with Crippen LogP contribution in [0.25, 0.3) is 11.5 Å². The number of hydrogen-bond donors (Lipinski definition) is 3. The molecule has 2 heterocycles. The highest BCUT2D eigenvalue weighted by molar-refractivity contribution is 7.09. The van der Waals surface area contributed by atoms with Gasteiger partial charge < -0.3 is 29.8 Å². The van der Waals surface area contributed by atoms with Crippen molar-refractivity contribution < 1.29 is 23.8 Å². The molecular weight excluding hydrogens is 602 g/mol. The van der Waals surface area contributed by atoms with Crippen molar-refractivity contribution in [1.82, 2.24) is 25.5 Å². The Labute approximate surface area is 272 Å². The Morgan fingerprint density at radius 2 is 1.83 bits per heavy atom. The number of rotatable bonds is 14. The number of thiazole rings is 1. The first kappa shape index (κ1) is 32.6. The van der Waals surface area contributed by atoms with Crippen LogP contribution in [0, 0.1) is 6.92 Å². The number of hydrogen-bond acceptors (Lipinski definition) is 9. The molecule has 10 nitrogen and oxygen atoms in total. The molecule has 2 aromatic heterocycles. The molecule has 0 aliphatic carbocycles. The molecule has 238 valence electrons. The maximum atomic E-state index is 13.8. The van der Waals surface area contributed by atoms with Gasteiger partial charge in [-0.15, -0.1) is 11.3 Å². The molecule has 2 amide bonds. The van der Waals surface area contributed by atoms with E-state index < -0.39 is 18.1 Å². The molecule has 0 bridgehead atoms. The van der Waals surface area contributed by atoms with Gasteiger partial charge in [0.25, 0.3) is 11.8 Å². The number of aryl methyl sites for hydroxylation is 1. The number of methoxy groups -OCH3 is 1. The lowest BCUT2D eigenvalue weighted by Gasteiger charge is -2.25. The van der Waals surface area contributed by atoms with Crippen molar-refractivity contribution in [3.63, 3.8) is 0 Å². The number of aliphatic hydroxyl groups excluding tert-OH is 1. The molecule has 0 saturated carbocycles. The van der Waals surface area contributed by atoms with E-state index in [4.69, 9.17) is 9.15 Å². The summed E-state index contributed by atoms with van der Waals surface area (Å²) in [5, 5.41) is 20.4. The number of ether oxygens (including phenoxy) is 1. The van der Waals surface area contributed by atoms with Crippen LogP contribution in [0.4, 0.5) is 0 Å². The number of benzene rings is 3. The molecule has 11 heteroatoms. The molecule has 3 N–H and O–H groups in total. The third-order valence-corrected chi connectivity index (χ3v) is 8.35. The molecule has 0 aliphatic rings. The first-order valence-corrected chi connectivity index (χ1v) is 15.7. The number of carbonyl (C=O) groups excluding carboxylic acids is 2. The van der Waals surface area contributed by atoms with E-state index in [2.05, 4.69) is 20.6 Å². The van der Waals surface area contributed by atoms with Crippen molar-refractivity contribution in [3.8, 4) is 17.2 Å². The van der Waals surface area contributed by atoms with Crippen LogP contribution < -0.4 is 15.4 Å². The highest BCUT2D eigenvalue weighted by atomic mass is 32.1. The van der Waals surface area contributed by atoms with Crippen LogP contribution >= 0.6 is 11.3 Å². The quantitative estimate of drug-likeness (QED) is 0.157. The van der Waals surface area contributed by atoms with Gasteiger partial charge in [-0.3, -0.25) is 9.59 Å². The number of aromatic nitrogens is 2. The van der Waals surface area contributed by atoms with Crippen molar-refractivity contribution in [3.05, 3.63) is 124 Å². The van der Waals surface area contributed by atoms with Crippen molar-refractivity contribution in [2.45, 2.75) is 38.6 Å². The summed E-state index contributed by atoms with van der Waals surface area (Å²) in [5.41, 5.74) is 3.89. The first-order chi connectivity index (χ1) is 22.3. The summed E-state index contributed by atoms with van der Waals surface area (Å²) in [5.74, 6) is 0.319. The van der Waals surface area contributed by atoms with Crippen molar-refractivity contribution >= 4 is 23.2 Å². The molecule has 0 aliphatic heterocycles.